The number of fused-ring (bicyclic) bond motifs is 1. The van der Waals surface area contributed by atoms with Gasteiger partial charge in [-0.1, -0.05) is 196 Å². The Morgan fingerprint density at radius 2 is 1.21 bits per heavy atom. The third kappa shape index (κ3) is 34.9. The number of hydrogen-bond acceptors (Lipinski definition) is 18. The maximum atomic E-state index is 12.8. The van der Waals surface area contributed by atoms with E-state index in [0.29, 0.717) is 12.2 Å². The van der Waals surface area contributed by atoms with Crippen molar-refractivity contribution in [1.82, 2.24) is 30.2 Å². The van der Waals surface area contributed by atoms with E-state index in [-0.39, 0.29) is 41.6 Å². The summed E-state index contributed by atoms with van der Waals surface area (Å²) in [7, 11) is -16.4. The number of aliphatic hydroxyl groups is 2. The summed E-state index contributed by atoms with van der Waals surface area (Å²) in [5.74, 6) is -1.02. The van der Waals surface area contributed by atoms with Crippen molar-refractivity contribution >= 4 is 69.1 Å². The van der Waals surface area contributed by atoms with Gasteiger partial charge in [0.15, 0.2) is 22.8 Å². The lowest BCUT2D eigenvalue weighted by molar-refractivity contribution is -0.137. The number of anilines is 1. The first-order valence-electron chi connectivity index (χ1n) is 30.9. The van der Waals surface area contributed by atoms with Gasteiger partial charge in [-0.15, -0.1) is 0 Å². The number of nitrogens with one attached hydrogen (secondary N) is 2. The second-order valence-electron chi connectivity index (χ2n) is 22.3. The first kappa shape index (κ1) is 77.5. The highest BCUT2D eigenvalue weighted by atomic mass is 32.2. The van der Waals surface area contributed by atoms with E-state index in [0.717, 1.165) is 73.9 Å². The summed E-state index contributed by atoms with van der Waals surface area (Å²) in [6.45, 7) is 2.82. The highest BCUT2D eigenvalue weighted by molar-refractivity contribution is 8.13. The molecule has 0 spiro atoms. The summed E-state index contributed by atoms with van der Waals surface area (Å²) < 4.78 is 62.7. The van der Waals surface area contributed by atoms with E-state index in [2.05, 4.69) is 102 Å². The average molecular weight is 1300 g/mol. The van der Waals surface area contributed by atoms with Crippen molar-refractivity contribution in [2.75, 3.05) is 37.8 Å². The molecule has 0 bridgehead atoms. The van der Waals surface area contributed by atoms with Crippen LogP contribution in [0.3, 0.4) is 0 Å². The zero-order valence-electron chi connectivity index (χ0n) is 51.2. The molecule has 3 rings (SSSR count). The number of aromatic nitrogens is 4. The van der Waals surface area contributed by atoms with Crippen LogP contribution in [-0.2, 0) is 50.7 Å². The highest BCUT2D eigenvalue weighted by Gasteiger charge is 2.50. The number of imidazole rings is 1. The molecule has 3 heterocycles. The Bertz CT molecular complexity index is 2600. The molecule has 1 fully saturated rings. The number of unbranched alkanes of at least 4 members (excludes halogenated alkanes) is 19. The van der Waals surface area contributed by atoms with Gasteiger partial charge in [-0.3, -0.25) is 32.5 Å². The molecule has 2 aromatic heterocycles. The first-order chi connectivity index (χ1) is 41.6. The van der Waals surface area contributed by atoms with Gasteiger partial charge in [0, 0.05) is 37.1 Å². The standard InChI is InChI=1S/C59H100N7O17P3S/c1-4-5-6-7-8-9-10-11-12-13-14-15-16-17-18-19-20-21-22-23-24-25-26-27-28-29-30-31-32-33-34-35-36-37-38-39-50(68)87-43-42-61-49(67)40-41-62-57(71)54(70)59(2,3)45-80-86(77,78)83-85(75,76)79-44-48-53(82-84(72,73)74)52(69)58(81-48)66-47-65-51-55(60)63-46-64-56(51)66/h8-9,11-12,14-15,17-18,20-21,46-48,52-54,58,69-70H,4-7,10,13,16,19,22-45H2,1-3H3,(H,61,67)(H,62,71)(H,75,76)(H,77,78)(H2,60,63,64)(H2,72,73,74)/b9-8-,12-11-,15-14-,18-17-,21-20-/t48-,52-,53-,54+,58-/m1/s1. The summed E-state index contributed by atoms with van der Waals surface area (Å²) in [4.78, 5) is 88.9. The van der Waals surface area contributed by atoms with Crippen LogP contribution in [0.15, 0.2) is 73.4 Å². The number of nitrogen functional groups attached to an aromatic ring is 1. The number of phosphoric ester groups is 3. The number of nitrogens with zero attached hydrogens (tertiary/aromatic N) is 4. The van der Waals surface area contributed by atoms with Gasteiger partial charge in [0.25, 0.3) is 0 Å². The zero-order valence-corrected chi connectivity index (χ0v) is 54.7. The van der Waals surface area contributed by atoms with Crippen molar-refractivity contribution in [3.05, 3.63) is 73.4 Å². The number of thioether (sulfide) groups is 1. The lowest BCUT2D eigenvalue weighted by Gasteiger charge is -2.30. The summed E-state index contributed by atoms with van der Waals surface area (Å²) in [5.41, 5.74) is 4.30. The third-order valence-electron chi connectivity index (χ3n) is 14.2. The number of amides is 2. The molecule has 1 aliphatic heterocycles. The molecule has 28 heteroatoms. The molecule has 2 unspecified atom stereocenters. The molecular formula is C59H100N7O17P3S. The van der Waals surface area contributed by atoms with Gasteiger partial charge >= 0.3 is 23.5 Å². The van der Waals surface area contributed by atoms with Crippen LogP contribution in [0.2, 0.25) is 0 Å². The van der Waals surface area contributed by atoms with E-state index in [1.807, 2.05) is 0 Å². The van der Waals surface area contributed by atoms with Gasteiger partial charge < -0.3 is 50.9 Å². The number of rotatable bonds is 50. The van der Waals surface area contributed by atoms with Crippen LogP contribution < -0.4 is 16.4 Å². The molecular weight excluding hydrogens is 1200 g/mol. The van der Waals surface area contributed by atoms with Crippen molar-refractivity contribution in [3.63, 3.8) is 0 Å². The molecule has 0 radical (unpaired) electrons. The fraction of sp³-hybridized carbons (Fsp3) is 0.695. The van der Waals surface area contributed by atoms with E-state index >= 15 is 0 Å². The van der Waals surface area contributed by atoms with Crippen LogP contribution in [0.1, 0.15) is 200 Å². The molecule has 0 aromatic carbocycles. The van der Waals surface area contributed by atoms with E-state index in [1.54, 1.807) is 0 Å². The minimum atomic E-state index is -5.58. The maximum Gasteiger partial charge on any atom is 0.481 e. The Balaban J connectivity index is 1.12. The molecule has 24 nitrogen and oxygen atoms in total. The maximum absolute atomic E-state index is 12.8. The van der Waals surface area contributed by atoms with E-state index in [1.165, 1.54) is 129 Å². The molecule has 1 saturated heterocycles. The van der Waals surface area contributed by atoms with Crippen LogP contribution in [0.5, 0.6) is 0 Å². The Morgan fingerprint density at radius 1 is 0.701 bits per heavy atom. The predicted molar refractivity (Wildman–Crippen MR) is 339 cm³/mol. The molecule has 494 valence electrons. The normalized spacial score (nSPS) is 18.7. The molecule has 2 aromatic rings. The monoisotopic (exact) mass is 1300 g/mol. The van der Waals surface area contributed by atoms with Crippen molar-refractivity contribution in [3.8, 4) is 0 Å². The van der Waals surface area contributed by atoms with Gasteiger partial charge in [0.2, 0.25) is 11.8 Å². The topological polar surface area (TPSA) is 364 Å². The van der Waals surface area contributed by atoms with Crippen LogP contribution in [0.4, 0.5) is 5.82 Å². The van der Waals surface area contributed by atoms with E-state index in [4.69, 9.17) is 19.5 Å². The third-order valence-corrected chi connectivity index (χ3v) is 18.2. The number of ether oxygens (including phenoxy) is 1. The number of phosphoric acid groups is 3. The Morgan fingerprint density at radius 3 is 1.75 bits per heavy atom. The van der Waals surface area contributed by atoms with Crippen molar-refractivity contribution in [2.45, 2.75) is 225 Å². The average Bonchev–Trinajstić information content (AvgIpc) is 1.70. The smallest absolute Gasteiger partial charge is 0.386 e. The summed E-state index contributed by atoms with van der Waals surface area (Å²) in [6, 6.07) is 0. The number of hydrogen-bond donors (Lipinski definition) is 9. The fourth-order valence-electron chi connectivity index (χ4n) is 9.21. The minimum Gasteiger partial charge on any atom is -0.386 e. The molecule has 1 aliphatic rings. The second-order valence-corrected chi connectivity index (χ2v) is 27.7. The quantitative estimate of drug-likeness (QED) is 0.0169. The Labute approximate surface area is 518 Å². The lowest BCUT2D eigenvalue weighted by Crippen LogP contribution is -2.46. The predicted octanol–water partition coefficient (Wildman–Crippen LogP) is 11.6. The second kappa shape index (κ2) is 43.9. The van der Waals surface area contributed by atoms with Gasteiger partial charge in [-0.2, -0.15) is 4.31 Å². The summed E-state index contributed by atoms with van der Waals surface area (Å²) in [6.07, 6.45) is 46.5. The number of nitrogens with two attached hydrogens (primary N) is 1. The van der Waals surface area contributed by atoms with Crippen molar-refractivity contribution < 1.29 is 80.5 Å². The Hall–Kier alpha value is -3.74. The molecule has 10 N–H and O–H groups in total. The van der Waals surface area contributed by atoms with Gasteiger partial charge in [0.05, 0.1) is 19.5 Å². The van der Waals surface area contributed by atoms with Gasteiger partial charge in [0.1, 0.15) is 36.3 Å². The van der Waals surface area contributed by atoms with Gasteiger partial charge in [-0.25, -0.2) is 28.6 Å². The molecule has 0 aliphatic carbocycles. The molecule has 2 amide bonds. The number of allylic oxidation sites excluding steroid dienone is 10. The van der Waals surface area contributed by atoms with E-state index in [9.17, 15) is 57.9 Å². The Kier molecular flexibility index (Phi) is 39.1. The van der Waals surface area contributed by atoms with Crippen molar-refractivity contribution in [1.29, 1.82) is 0 Å². The SMILES string of the molecule is CCCCC/C=C\C/C=C\C/C=C\C/C=C\C/C=C\CCCCCCCCCCCCCCCCCCC(=O)SCCNC(=O)CCNC(=O)[C@H](O)C(C)(C)COP(=O)(O)OP(=O)(O)OC[C@H]1O[C@@H](n2cnc3c(N)ncnc32)[C@H](O)[C@@H]1OP(=O)(O)O. The molecule has 87 heavy (non-hydrogen) atoms. The molecule has 7 atom stereocenters. The zero-order chi connectivity index (χ0) is 63.8. The van der Waals surface area contributed by atoms with Crippen LogP contribution in [-0.4, -0.2) is 123 Å². The number of carbonyl (C=O) groups is 3. The fourth-order valence-corrected chi connectivity index (χ4v) is 12.8. The lowest BCUT2D eigenvalue weighted by atomic mass is 9.87. The van der Waals surface area contributed by atoms with Crippen LogP contribution in [0, 0.1) is 5.41 Å². The van der Waals surface area contributed by atoms with Crippen LogP contribution in [0.25, 0.3) is 11.2 Å². The summed E-state index contributed by atoms with van der Waals surface area (Å²) in [5, 5.41) is 26.8. The molecule has 0 saturated carbocycles. The number of carbonyl (C=O) groups excluding carboxylic acids is 3. The van der Waals surface area contributed by atoms with Gasteiger partial charge in [-0.05, 0) is 57.8 Å². The minimum absolute atomic E-state index is 0.0334. The largest absolute Gasteiger partial charge is 0.481 e. The highest BCUT2D eigenvalue weighted by Crippen LogP contribution is 2.61. The van der Waals surface area contributed by atoms with Crippen molar-refractivity contribution in [2.24, 2.45) is 5.41 Å². The van der Waals surface area contributed by atoms with Crippen LogP contribution >= 0.6 is 35.2 Å². The summed E-state index contributed by atoms with van der Waals surface area (Å²) >= 11 is 1.16. The first-order valence-corrected chi connectivity index (χ1v) is 36.4. The number of aliphatic hydroxyl groups excluding tert-OH is 2. The van der Waals surface area contributed by atoms with E-state index < -0.39 is 84.6 Å².